The summed E-state index contributed by atoms with van der Waals surface area (Å²) in [7, 11) is 0. The SMILES string of the molecule is NNc1c(F)c(N2CCC(N)C2)c2c3c1C(=O)/C(C(=O)O)=C1\CCC3CC(CO1)CS2. The van der Waals surface area contributed by atoms with Gasteiger partial charge in [-0.3, -0.25) is 10.6 Å². The lowest BCUT2D eigenvalue weighted by Crippen LogP contribution is -2.30. The molecule has 2 saturated heterocycles. The minimum Gasteiger partial charge on any atom is -0.497 e. The van der Waals surface area contributed by atoms with Gasteiger partial charge in [-0.1, -0.05) is 0 Å². The van der Waals surface area contributed by atoms with Gasteiger partial charge in [0.2, 0.25) is 5.78 Å². The highest BCUT2D eigenvalue weighted by atomic mass is 32.2. The van der Waals surface area contributed by atoms with E-state index in [1.54, 1.807) is 0 Å². The molecule has 31 heavy (non-hydrogen) atoms. The number of ketones is 1. The molecule has 3 bridgehead atoms. The van der Waals surface area contributed by atoms with Crippen molar-refractivity contribution in [2.75, 3.05) is 35.8 Å². The van der Waals surface area contributed by atoms with Gasteiger partial charge in [-0.25, -0.2) is 9.18 Å². The smallest absolute Gasteiger partial charge is 0.343 e. The maximum Gasteiger partial charge on any atom is 0.343 e. The lowest BCUT2D eigenvalue weighted by Gasteiger charge is -2.32. The van der Waals surface area contributed by atoms with Crippen molar-refractivity contribution in [3.05, 3.63) is 28.3 Å². The van der Waals surface area contributed by atoms with Crippen LogP contribution in [0.25, 0.3) is 0 Å². The van der Waals surface area contributed by atoms with Crippen LogP contribution in [-0.4, -0.2) is 48.4 Å². The van der Waals surface area contributed by atoms with E-state index in [1.165, 1.54) is 11.8 Å². The van der Waals surface area contributed by atoms with E-state index in [2.05, 4.69) is 5.43 Å². The van der Waals surface area contributed by atoms with Crippen molar-refractivity contribution in [3.8, 4) is 0 Å². The first kappa shape index (κ1) is 20.6. The number of nitrogens with one attached hydrogen (secondary N) is 1. The van der Waals surface area contributed by atoms with Gasteiger partial charge in [0, 0.05) is 42.1 Å². The summed E-state index contributed by atoms with van der Waals surface area (Å²) in [5, 5.41) is 9.84. The summed E-state index contributed by atoms with van der Waals surface area (Å²) in [5.41, 5.74) is 9.08. The summed E-state index contributed by atoms with van der Waals surface area (Å²) in [6.45, 7) is 1.48. The Bertz CT molecular complexity index is 1010. The van der Waals surface area contributed by atoms with Crippen molar-refractivity contribution >= 4 is 34.9 Å². The van der Waals surface area contributed by atoms with Gasteiger partial charge < -0.3 is 25.9 Å². The highest BCUT2D eigenvalue weighted by Crippen LogP contribution is 2.53. The van der Waals surface area contributed by atoms with Crippen LogP contribution in [0.2, 0.25) is 0 Å². The van der Waals surface area contributed by atoms with Crippen LogP contribution in [0.3, 0.4) is 0 Å². The maximum atomic E-state index is 15.9. The van der Waals surface area contributed by atoms with Gasteiger partial charge in [-0.2, -0.15) is 0 Å². The van der Waals surface area contributed by atoms with Crippen molar-refractivity contribution < 1.29 is 23.8 Å². The summed E-state index contributed by atoms with van der Waals surface area (Å²) >= 11 is 1.52. The molecule has 3 unspecified atom stereocenters. The standard InChI is InChI=1S/C21H25FN4O4S/c22-16-17(25-24)15-13-10-1-2-12(14(19(15)27)21(28)29)30-7-9(5-10)8-31-20(13)18(16)26-4-3-11(23)6-26/h9-11,25H,1-8,23-24H2,(H,28,29)/b14-12-. The molecule has 3 aliphatic heterocycles. The Morgan fingerprint density at radius 3 is 2.84 bits per heavy atom. The van der Waals surface area contributed by atoms with Gasteiger partial charge in [0.1, 0.15) is 11.3 Å². The molecule has 1 aromatic rings. The number of carboxylic acids is 1. The lowest BCUT2D eigenvalue weighted by atomic mass is 9.78. The van der Waals surface area contributed by atoms with Crippen LogP contribution in [0.1, 0.15) is 47.5 Å². The fraction of sp³-hybridized carbons (Fsp3) is 0.524. The molecule has 2 fully saturated rings. The molecule has 3 heterocycles. The average molecular weight is 449 g/mol. The molecule has 0 saturated carbocycles. The summed E-state index contributed by atoms with van der Waals surface area (Å²) in [4.78, 5) is 28.3. The highest BCUT2D eigenvalue weighted by Gasteiger charge is 2.42. The number of hydrogen-bond donors (Lipinski definition) is 4. The van der Waals surface area contributed by atoms with Gasteiger partial charge in [0.15, 0.2) is 5.82 Å². The second kappa shape index (κ2) is 7.68. The third-order valence-electron chi connectivity index (χ3n) is 6.74. The number of anilines is 2. The van der Waals surface area contributed by atoms with Crippen molar-refractivity contribution in [2.24, 2.45) is 17.5 Å². The number of carboxylic acid groups (broad SMARTS) is 1. The number of nitrogens with zero attached hydrogens (tertiary/aromatic N) is 1. The Kier molecular flexibility index (Phi) is 5.10. The third-order valence-corrected chi connectivity index (χ3v) is 8.08. The van der Waals surface area contributed by atoms with Gasteiger partial charge in [0.25, 0.3) is 0 Å². The lowest BCUT2D eigenvalue weighted by molar-refractivity contribution is -0.132. The molecular weight excluding hydrogens is 423 g/mol. The van der Waals surface area contributed by atoms with Crippen molar-refractivity contribution in [3.63, 3.8) is 0 Å². The predicted octanol–water partition coefficient (Wildman–Crippen LogP) is 2.19. The topological polar surface area (TPSA) is 131 Å². The Balaban J connectivity index is 1.84. The number of hydrogen-bond acceptors (Lipinski definition) is 8. The molecule has 8 nitrogen and oxygen atoms in total. The van der Waals surface area contributed by atoms with Gasteiger partial charge in [-0.05, 0) is 30.7 Å². The molecule has 0 amide bonds. The molecule has 0 aromatic heterocycles. The number of carbonyl (C=O) groups excluding carboxylic acids is 1. The van der Waals surface area contributed by atoms with Crippen molar-refractivity contribution in [1.82, 2.24) is 0 Å². The number of halogens is 1. The van der Waals surface area contributed by atoms with E-state index in [4.69, 9.17) is 16.3 Å². The van der Waals surface area contributed by atoms with Crippen molar-refractivity contribution in [2.45, 2.75) is 42.5 Å². The van der Waals surface area contributed by atoms with E-state index in [-0.39, 0.29) is 34.9 Å². The average Bonchev–Trinajstić information content (AvgIpc) is 3.03. The predicted molar refractivity (Wildman–Crippen MR) is 115 cm³/mol. The second-order valence-electron chi connectivity index (χ2n) is 8.69. The molecule has 6 N–H and O–H groups in total. The van der Waals surface area contributed by atoms with Gasteiger partial charge in [-0.15, -0.1) is 11.8 Å². The fourth-order valence-corrected chi connectivity index (χ4v) is 6.73. The first-order valence-electron chi connectivity index (χ1n) is 10.5. The second-order valence-corrected chi connectivity index (χ2v) is 9.72. The first-order chi connectivity index (χ1) is 14.9. The normalized spacial score (nSPS) is 29.7. The quantitative estimate of drug-likeness (QED) is 0.312. The van der Waals surface area contributed by atoms with Gasteiger partial charge >= 0.3 is 5.97 Å². The molecule has 1 aliphatic carbocycles. The Labute approximate surface area is 183 Å². The molecule has 3 atom stereocenters. The number of Topliss-reactive ketones (excluding diaryl/α,β-unsaturated/α-hetero) is 1. The Morgan fingerprint density at radius 1 is 1.35 bits per heavy atom. The Hall–Kier alpha value is -2.30. The highest BCUT2D eigenvalue weighted by molar-refractivity contribution is 7.99. The summed E-state index contributed by atoms with van der Waals surface area (Å²) < 4.78 is 21.8. The van der Waals surface area contributed by atoms with Crippen LogP contribution in [0.5, 0.6) is 0 Å². The molecule has 10 heteroatoms. The zero-order valence-corrected chi connectivity index (χ0v) is 17.8. The van der Waals surface area contributed by atoms with E-state index >= 15 is 4.39 Å². The van der Waals surface area contributed by atoms with E-state index < -0.39 is 23.1 Å². The number of hydrazine groups is 1. The van der Waals surface area contributed by atoms with Crippen LogP contribution in [0.15, 0.2) is 16.2 Å². The number of fused-ring (bicyclic) bond motifs is 3. The largest absolute Gasteiger partial charge is 0.497 e. The number of carbonyl (C=O) groups is 2. The minimum absolute atomic E-state index is 0.00841. The van der Waals surface area contributed by atoms with Crippen molar-refractivity contribution in [1.29, 1.82) is 0 Å². The molecule has 0 radical (unpaired) electrons. The van der Waals surface area contributed by atoms with Crippen LogP contribution in [-0.2, 0) is 9.53 Å². The van der Waals surface area contributed by atoms with E-state index in [1.807, 2.05) is 4.90 Å². The number of benzene rings is 1. The monoisotopic (exact) mass is 448 g/mol. The summed E-state index contributed by atoms with van der Waals surface area (Å²) in [5.74, 6) is 4.03. The molecule has 0 spiro atoms. The number of allylic oxidation sites excluding steroid dienone is 1. The summed E-state index contributed by atoms with van der Waals surface area (Å²) in [6, 6.07) is -0.0524. The van der Waals surface area contributed by atoms with E-state index in [9.17, 15) is 14.7 Å². The number of ether oxygens (including phenoxy) is 1. The third kappa shape index (κ3) is 3.19. The van der Waals surface area contributed by atoms with Crippen LogP contribution in [0.4, 0.5) is 15.8 Å². The Morgan fingerprint density at radius 2 is 2.16 bits per heavy atom. The molecule has 166 valence electrons. The number of nitrogens with two attached hydrogens (primary N) is 2. The minimum atomic E-state index is -1.37. The van der Waals surface area contributed by atoms with E-state index in [0.717, 1.165) is 23.3 Å². The van der Waals surface area contributed by atoms with E-state index in [0.29, 0.717) is 44.0 Å². The molecule has 1 aromatic carbocycles. The number of nitrogen functional groups attached to an aromatic ring is 1. The molecular formula is C21H25FN4O4S. The molecule has 4 aliphatic rings. The number of aliphatic carboxylic acids is 1. The number of thioether (sulfide) groups is 1. The van der Waals surface area contributed by atoms with Crippen LogP contribution >= 0.6 is 11.8 Å². The fourth-order valence-electron chi connectivity index (χ4n) is 5.31. The van der Waals surface area contributed by atoms with Gasteiger partial charge in [0.05, 0.1) is 23.5 Å². The number of rotatable bonds is 3. The summed E-state index contributed by atoms with van der Waals surface area (Å²) in [6.07, 6.45) is 2.54. The first-order valence-corrected chi connectivity index (χ1v) is 11.5. The van der Waals surface area contributed by atoms with Crippen LogP contribution in [0, 0.1) is 11.7 Å². The maximum absolute atomic E-state index is 15.9. The zero-order chi connectivity index (χ0) is 21.9. The van der Waals surface area contributed by atoms with Crippen LogP contribution < -0.4 is 21.9 Å². The molecule has 5 rings (SSSR count). The zero-order valence-electron chi connectivity index (χ0n) is 16.9.